The topological polar surface area (TPSA) is 92.4 Å². The van der Waals surface area contributed by atoms with Gasteiger partial charge < -0.3 is 16.2 Å². The van der Waals surface area contributed by atoms with Crippen molar-refractivity contribution in [2.24, 2.45) is 17.8 Å². The van der Waals surface area contributed by atoms with Crippen molar-refractivity contribution >= 4 is 23.3 Å². The Labute approximate surface area is 123 Å². The smallest absolute Gasteiger partial charge is 0.337 e. The predicted molar refractivity (Wildman–Crippen MR) is 80.0 cm³/mol. The summed E-state index contributed by atoms with van der Waals surface area (Å²) in [7, 11) is 0. The number of benzene rings is 1. The number of anilines is 2. The third kappa shape index (κ3) is 2.86. The first-order valence-corrected chi connectivity index (χ1v) is 7.45. The summed E-state index contributed by atoms with van der Waals surface area (Å²) < 4.78 is 0. The number of aromatic carboxylic acids is 1. The van der Waals surface area contributed by atoms with Crippen LogP contribution in [0.5, 0.6) is 0 Å². The molecule has 3 rings (SSSR count). The Kier molecular flexibility index (Phi) is 3.57. The first-order chi connectivity index (χ1) is 10.0. The molecule has 0 heterocycles. The molecule has 0 spiro atoms. The van der Waals surface area contributed by atoms with Gasteiger partial charge in [-0.2, -0.15) is 0 Å². The Balaban J connectivity index is 1.66. The molecule has 0 aliphatic heterocycles. The number of carboxylic acids is 1. The van der Waals surface area contributed by atoms with Gasteiger partial charge in [0.05, 0.1) is 11.3 Å². The van der Waals surface area contributed by atoms with Gasteiger partial charge in [-0.1, -0.05) is 6.42 Å². The Morgan fingerprint density at radius 2 is 2.10 bits per heavy atom. The molecule has 5 nitrogen and oxygen atoms in total. The van der Waals surface area contributed by atoms with E-state index in [9.17, 15) is 9.59 Å². The van der Waals surface area contributed by atoms with Gasteiger partial charge >= 0.3 is 5.97 Å². The van der Waals surface area contributed by atoms with Crippen LogP contribution in [0.2, 0.25) is 0 Å². The minimum absolute atomic E-state index is 0.0382. The van der Waals surface area contributed by atoms with Gasteiger partial charge in [-0.05, 0) is 55.2 Å². The zero-order chi connectivity index (χ0) is 15.0. The quantitative estimate of drug-likeness (QED) is 0.743. The highest BCUT2D eigenvalue weighted by atomic mass is 16.4. The second-order valence-corrected chi connectivity index (χ2v) is 6.30. The van der Waals surface area contributed by atoms with E-state index in [1.807, 2.05) is 0 Å². The molecule has 1 aromatic carbocycles. The Morgan fingerprint density at radius 3 is 2.71 bits per heavy atom. The molecule has 0 radical (unpaired) electrons. The molecule has 2 fully saturated rings. The van der Waals surface area contributed by atoms with Crippen molar-refractivity contribution in [3.63, 3.8) is 0 Å². The Bertz CT molecular complexity index is 585. The minimum Gasteiger partial charge on any atom is -0.478 e. The third-order valence-electron chi connectivity index (χ3n) is 4.88. The van der Waals surface area contributed by atoms with E-state index in [-0.39, 0.29) is 11.5 Å². The number of amides is 1. The molecule has 0 aromatic heterocycles. The number of carboxylic acid groups (broad SMARTS) is 1. The molecule has 0 saturated heterocycles. The fourth-order valence-corrected chi connectivity index (χ4v) is 3.91. The number of carbonyl (C=O) groups excluding carboxylic acids is 1. The summed E-state index contributed by atoms with van der Waals surface area (Å²) in [6.45, 7) is 0. The lowest BCUT2D eigenvalue weighted by molar-refractivity contribution is -0.117. The molecule has 2 aliphatic carbocycles. The van der Waals surface area contributed by atoms with Crippen molar-refractivity contribution in [2.45, 2.75) is 32.1 Å². The van der Waals surface area contributed by atoms with Gasteiger partial charge in [0.15, 0.2) is 0 Å². The van der Waals surface area contributed by atoms with Gasteiger partial charge in [-0.15, -0.1) is 0 Å². The van der Waals surface area contributed by atoms with Gasteiger partial charge in [0.2, 0.25) is 5.91 Å². The van der Waals surface area contributed by atoms with E-state index in [0.717, 1.165) is 12.3 Å². The maximum atomic E-state index is 12.2. The zero-order valence-corrected chi connectivity index (χ0v) is 11.8. The molecular weight excluding hydrogens is 268 g/mol. The molecule has 2 aliphatic rings. The fraction of sp³-hybridized carbons (Fsp3) is 0.500. The van der Waals surface area contributed by atoms with E-state index >= 15 is 0 Å². The van der Waals surface area contributed by atoms with Crippen LogP contribution in [0.25, 0.3) is 0 Å². The molecule has 112 valence electrons. The Morgan fingerprint density at radius 1 is 1.29 bits per heavy atom. The van der Waals surface area contributed by atoms with Gasteiger partial charge in [0, 0.05) is 12.1 Å². The lowest BCUT2D eigenvalue weighted by atomic mass is 9.86. The van der Waals surface area contributed by atoms with E-state index in [4.69, 9.17) is 10.8 Å². The monoisotopic (exact) mass is 288 g/mol. The highest BCUT2D eigenvalue weighted by Crippen LogP contribution is 2.49. The molecule has 3 atom stereocenters. The maximum Gasteiger partial charge on any atom is 0.337 e. The lowest BCUT2D eigenvalue weighted by Gasteiger charge is -2.21. The van der Waals surface area contributed by atoms with Crippen molar-refractivity contribution in [3.8, 4) is 0 Å². The maximum absolute atomic E-state index is 12.2. The van der Waals surface area contributed by atoms with Crippen LogP contribution in [-0.4, -0.2) is 17.0 Å². The SMILES string of the molecule is Nc1ccc(NC(=O)CC2CC3CCC2C3)c(C(=O)O)c1. The normalized spacial score (nSPS) is 26.8. The first kappa shape index (κ1) is 13.9. The molecular formula is C16H20N2O3. The number of hydrogen-bond acceptors (Lipinski definition) is 3. The fourth-order valence-electron chi connectivity index (χ4n) is 3.91. The van der Waals surface area contributed by atoms with Crippen LogP contribution in [0.4, 0.5) is 11.4 Å². The van der Waals surface area contributed by atoms with Crippen LogP contribution in [0.15, 0.2) is 18.2 Å². The average molecular weight is 288 g/mol. The Hall–Kier alpha value is -2.04. The predicted octanol–water partition coefficient (Wildman–Crippen LogP) is 2.73. The second kappa shape index (κ2) is 5.39. The highest BCUT2D eigenvalue weighted by molar-refractivity contribution is 6.01. The van der Waals surface area contributed by atoms with Gasteiger partial charge in [0.1, 0.15) is 0 Å². The van der Waals surface area contributed by atoms with Crippen LogP contribution in [-0.2, 0) is 4.79 Å². The molecule has 5 heteroatoms. The van der Waals surface area contributed by atoms with Crippen LogP contribution >= 0.6 is 0 Å². The number of rotatable bonds is 4. The van der Waals surface area contributed by atoms with E-state index in [1.165, 1.54) is 25.3 Å². The number of nitrogens with two attached hydrogens (primary N) is 1. The molecule has 21 heavy (non-hydrogen) atoms. The standard InChI is InChI=1S/C16H20N2O3/c17-12-3-4-14(13(8-12)16(20)21)18-15(19)7-11-6-9-1-2-10(11)5-9/h3-4,8-11H,1-2,5-7,17H2,(H,18,19)(H,20,21). The summed E-state index contributed by atoms with van der Waals surface area (Å²) in [4.78, 5) is 23.4. The number of fused-ring (bicyclic) bond motifs is 2. The minimum atomic E-state index is -1.09. The molecule has 1 aromatic rings. The van der Waals surface area contributed by atoms with Gasteiger partial charge in [0.25, 0.3) is 0 Å². The van der Waals surface area contributed by atoms with E-state index in [2.05, 4.69) is 5.32 Å². The van der Waals surface area contributed by atoms with Crippen molar-refractivity contribution in [1.29, 1.82) is 0 Å². The van der Waals surface area contributed by atoms with Gasteiger partial charge in [-0.25, -0.2) is 4.79 Å². The van der Waals surface area contributed by atoms with Crippen LogP contribution in [0.1, 0.15) is 42.5 Å². The van der Waals surface area contributed by atoms with E-state index < -0.39 is 5.97 Å². The highest BCUT2D eigenvalue weighted by Gasteiger charge is 2.40. The number of nitrogens with one attached hydrogen (secondary N) is 1. The van der Waals surface area contributed by atoms with Crippen molar-refractivity contribution in [3.05, 3.63) is 23.8 Å². The van der Waals surface area contributed by atoms with E-state index in [1.54, 1.807) is 12.1 Å². The van der Waals surface area contributed by atoms with Crippen molar-refractivity contribution < 1.29 is 14.7 Å². The van der Waals surface area contributed by atoms with Crippen LogP contribution in [0, 0.1) is 17.8 Å². The van der Waals surface area contributed by atoms with Crippen molar-refractivity contribution in [2.75, 3.05) is 11.1 Å². The average Bonchev–Trinajstić information content (AvgIpc) is 3.02. The number of hydrogen-bond donors (Lipinski definition) is 3. The largest absolute Gasteiger partial charge is 0.478 e. The first-order valence-electron chi connectivity index (χ1n) is 7.45. The molecule has 3 unspecified atom stereocenters. The summed E-state index contributed by atoms with van der Waals surface area (Å²) in [6.07, 6.45) is 5.45. The zero-order valence-electron chi connectivity index (χ0n) is 11.8. The second-order valence-electron chi connectivity index (χ2n) is 6.30. The summed E-state index contributed by atoms with van der Waals surface area (Å²) in [5, 5.41) is 11.9. The van der Waals surface area contributed by atoms with Gasteiger partial charge in [-0.3, -0.25) is 4.79 Å². The van der Waals surface area contributed by atoms with Crippen LogP contribution in [0.3, 0.4) is 0 Å². The number of nitrogen functional groups attached to an aromatic ring is 1. The van der Waals surface area contributed by atoms with Crippen molar-refractivity contribution in [1.82, 2.24) is 0 Å². The molecule has 2 bridgehead atoms. The summed E-state index contributed by atoms with van der Waals surface area (Å²) >= 11 is 0. The summed E-state index contributed by atoms with van der Waals surface area (Å²) in [6, 6.07) is 4.52. The van der Waals surface area contributed by atoms with E-state index in [0.29, 0.717) is 29.6 Å². The third-order valence-corrected chi connectivity index (χ3v) is 4.88. The summed E-state index contributed by atoms with van der Waals surface area (Å²) in [5.41, 5.74) is 6.33. The molecule has 2 saturated carbocycles. The lowest BCUT2D eigenvalue weighted by Crippen LogP contribution is -2.21. The number of carbonyl (C=O) groups is 2. The van der Waals surface area contributed by atoms with Crippen LogP contribution < -0.4 is 11.1 Å². The summed E-state index contributed by atoms with van der Waals surface area (Å²) in [5.74, 6) is 0.771. The molecule has 4 N–H and O–H groups in total. The molecule has 1 amide bonds.